The van der Waals surface area contributed by atoms with Crippen molar-refractivity contribution in [3.05, 3.63) is 16.3 Å². The van der Waals surface area contributed by atoms with E-state index in [1.54, 1.807) is 10.4 Å². The van der Waals surface area contributed by atoms with Crippen LogP contribution in [0.4, 0.5) is 0 Å². The van der Waals surface area contributed by atoms with E-state index in [1.807, 2.05) is 19.4 Å². The summed E-state index contributed by atoms with van der Waals surface area (Å²) in [6.07, 6.45) is 2.06. The van der Waals surface area contributed by atoms with Gasteiger partial charge >= 0.3 is 0 Å². The molecule has 2 atom stereocenters. The number of sulfonamides is 1. The van der Waals surface area contributed by atoms with Crippen LogP contribution in [0.5, 0.6) is 0 Å². The van der Waals surface area contributed by atoms with E-state index in [0.717, 1.165) is 17.7 Å². The van der Waals surface area contributed by atoms with Crippen molar-refractivity contribution in [1.82, 2.24) is 9.62 Å². The molecule has 108 valence electrons. The fourth-order valence-electron chi connectivity index (χ4n) is 2.56. The minimum Gasteiger partial charge on any atom is -0.315 e. The lowest BCUT2D eigenvalue weighted by molar-refractivity contribution is 0.218. The molecule has 0 spiro atoms. The number of rotatable bonds is 4. The lowest BCUT2D eigenvalue weighted by Gasteiger charge is -2.35. The van der Waals surface area contributed by atoms with Gasteiger partial charge in [0.25, 0.3) is 0 Å². The lowest BCUT2D eigenvalue weighted by Crippen LogP contribution is -2.44. The summed E-state index contributed by atoms with van der Waals surface area (Å²) in [6, 6.07) is 1.84. The summed E-state index contributed by atoms with van der Waals surface area (Å²) >= 11 is 1.50. The molecule has 0 bridgehead atoms. The van der Waals surface area contributed by atoms with Crippen LogP contribution in [0, 0.1) is 5.92 Å². The summed E-state index contributed by atoms with van der Waals surface area (Å²) in [5, 5.41) is 4.89. The van der Waals surface area contributed by atoms with E-state index in [-0.39, 0.29) is 6.04 Å². The van der Waals surface area contributed by atoms with E-state index in [4.69, 9.17) is 0 Å². The van der Waals surface area contributed by atoms with Crippen LogP contribution < -0.4 is 5.32 Å². The Balaban J connectivity index is 2.33. The van der Waals surface area contributed by atoms with E-state index in [2.05, 4.69) is 12.2 Å². The largest absolute Gasteiger partial charge is 0.315 e. The van der Waals surface area contributed by atoms with Crippen LogP contribution in [0.25, 0.3) is 0 Å². The van der Waals surface area contributed by atoms with Gasteiger partial charge in [0.1, 0.15) is 0 Å². The average molecular weight is 302 g/mol. The molecule has 0 saturated carbocycles. The van der Waals surface area contributed by atoms with Gasteiger partial charge in [-0.1, -0.05) is 6.92 Å². The minimum absolute atomic E-state index is 0.100. The highest BCUT2D eigenvalue weighted by atomic mass is 32.2. The highest BCUT2D eigenvalue weighted by Crippen LogP contribution is 2.31. The first-order valence-corrected chi connectivity index (χ1v) is 9.01. The number of nitrogens with one attached hydrogen (secondary N) is 1. The molecule has 2 heterocycles. The molecule has 2 rings (SSSR count). The molecular weight excluding hydrogens is 280 g/mol. The van der Waals surface area contributed by atoms with Crippen LogP contribution in [0.3, 0.4) is 0 Å². The fraction of sp³-hybridized carbons (Fsp3) is 0.692. The Kier molecular flexibility index (Phi) is 4.66. The standard InChI is InChI=1S/C13H22N2O2S2/c1-10-4-5-11(2)15(9-10)19(16,17)13-6-7-18-12(13)8-14-3/h6-7,10-11,14H,4-5,8-9H2,1-3H3. The summed E-state index contributed by atoms with van der Waals surface area (Å²) in [7, 11) is -1.51. The van der Waals surface area contributed by atoms with Gasteiger partial charge < -0.3 is 5.32 Å². The van der Waals surface area contributed by atoms with E-state index >= 15 is 0 Å². The highest BCUT2D eigenvalue weighted by Gasteiger charge is 2.34. The van der Waals surface area contributed by atoms with Gasteiger partial charge in [-0.2, -0.15) is 4.31 Å². The first kappa shape index (κ1) is 15.0. The Bertz CT molecular complexity index is 525. The van der Waals surface area contributed by atoms with Crippen LogP contribution in [0.15, 0.2) is 16.3 Å². The number of nitrogens with zero attached hydrogens (tertiary/aromatic N) is 1. The Morgan fingerprint density at radius 1 is 1.42 bits per heavy atom. The Labute approximate surface area is 119 Å². The molecule has 2 unspecified atom stereocenters. The first-order valence-electron chi connectivity index (χ1n) is 6.69. The summed E-state index contributed by atoms with van der Waals surface area (Å²) in [5.41, 5.74) is 0. The van der Waals surface area contributed by atoms with Crippen molar-refractivity contribution in [1.29, 1.82) is 0 Å². The quantitative estimate of drug-likeness (QED) is 0.928. The molecule has 1 N–H and O–H groups in total. The Hall–Kier alpha value is -0.430. The highest BCUT2D eigenvalue weighted by molar-refractivity contribution is 7.89. The molecule has 0 aliphatic carbocycles. The molecule has 19 heavy (non-hydrogen) atoms. The maximum absolute atomic E-state index is 12.8. The van der Waals surface area contributed by atoms with E-state index < -0.39 is 10.0 Å². The number of thiophene rings is 1. The van der Waals surface area contributed by atoms with Gasteiger partial charge in [0.05, 0.1) is 4.90 Å². The van der Waals surface area contributed by atoms with E-state index in [9.17, 15) is 8.42 Å². The van der Waals surface area contributed by atoms with Gasteiger partial charge in [-0.25, -0.2) is 8.42 Å². The summed E-state index contributed by atoms with van der Waals surface area (Å²) in [6.45, 7) is 5.37. The third kappa shape index (κ3) is 3.02. The van der Waals surface area contributed by atoms with Crippen molar-refractivity contribution in [3.63, 3.8) is 0 Å². The van der Waals surface area contributed by atoms with Crippen molar-refractivity contribution in [3.8, 4) is 0 Å². The topological polar surface area (TPSA) is 49.4 Å². The predicted octanol–water partition coefficient (Wildman–Crippen LogP) is 2.28. The molecule has 0 amide bonds. The van der Waals surface area contributed by atoms with Crippen LogP contribution in [0.2, 0.25) is 0 Å². The average Bonchev–Trinajstić information content (AvgIpc) is 2.81. The molecule has 6 heteroatoms. The zero-order chi connectivity index (χ0) is 14.0. The Morgan fingerprint density at radius 3 is 2.84 bits per heavy atom. The van der Waals surface area contributed by atoms with Crippen molar-refractivity contribution >= 4 is 21.4 Å². The normalized spacial score (nSPS) is 25.6. The molecule has 0 radical (unpaired) electrons. The van der Waals surface area contributed by atoms with Gasteiger partial charge in [0.15, 0.2) is 0 Å². The molecule has 1 saturated heterocycles. The minimum atomic E-state index is -3.35. The van der Waals surface area contributed by atoms with Crippen molar-refractivity contribution in [2.24, 2.45) is 5.92 Å². The number of hydrogen-bond donors (Lipinski definition) is 1. The first-order chi connectivity index (χ1) is 8.96. The number of hydrogen-bond acceptors (Lipinski definition) is 4. The van der Waals surface area contributed by atoms with Crippen molar-refractivity contribution in [2.75, 3.05) is 13.6 Å². The molecule has 1 aliphatic rings. The molecule has 1 aliphatic heterocycles. The fourth-order valence-corrected chi connectivity index (χ4v) is 5.77. The van der Waals surface area contributed by atoms with Gasteiger partial charge in [-0.15, -0.1) is 11.3 Å². The second kappa shape index (κ2) is 5.91. The van der Waals surface area contributed by atoms with Crippen molar-refractivity contribution in [2.45, 2.75) is 44.2 Å². The smallest absolute Gasteiger partial charge is 0.244 e. The SMILES string of the molecule is CNCc1sccc1S(=O)(=O)N1CC(C)CCC1C. The monoisotopic (exact) mass is 302 g/mol. The molecule has 1 aromatic heterocycles. The maximum atomic E-state index is 12.8. The zero-order valence-electron chi connectivity index (χ0n) is 11.7. The number of piperidine rings is 1. The molecule has 1 fully saturated rings. The third-order valence-electron chi connectivity index (χ3n) is 3.69. The van der Waals surface area contributed by atoms with Crippen LogP contribution >= 0.6 is 11.3 Å². The molecular formula is C13H22N2O2S2. The summed E-state index contributed by atoms with van der Waals surface area (Å²) in [4.78, 5) is 1.38. The van der Waals surface area contributed by atoms with Crippen LogP contribution in [-0.4, -0.2) is 32.4 Å². The predicted molar refractivity (Wildman–Crippen MR) is 78.8 cm³/mol. The van der Waals surface area contributed by atoms with E-state index in [0.29, 0.717) is 23.9 Å². The van der Waals surface area contributed by atoms with Gasteiger partial charge in [-0.05, 0) is 44.2 Å². The second-order valence-electron chi connectivity index (χ2n) is 5.34. The Morgan fingerprint density at radius 2 is 2.16 bits per heavy atom. The van der Waals surface area contributed by atoms with Crippen molar-refractivity contribution < 1.29 is 8.42 Å². The van der Waals surface area contributed by atoms with Gasteiger partial charge in [0, 0.05) is 24.0 Å². The summed E-state index contributed by atoms with van der Waals surface area (Å²) in [5.74, 6) is 0.442. The molecule has 4 nitrogen and oxygen atoms in total. The van der Waals surface area contributed by atoms with Gasteiger partial charge in [0.2, 0.25) is 10.0 Å². The molecule has 0 aromatic carbocycles. The van der Waals surface area contributed by atoms with Gasteiger partial charge in [-0.3, -0.25) is 0 Å². The summed E-state index contributed by atoms with van der Waals surface area (Å²) < 4.78 is 27.3. The second-order valence-corrected chi connectivity index (χ2v) is 8.20. The van der Waals surface area contributed by atoms with E-state index in [1.165, 1.54) is 11.3 Å². The van der Waals surface area contributed by atoms with Crippen LogP contribution in [-0.2, 0) is 16.6 Å². The molecule has 1 aromatic rings. The zero-order valence-corrected chi connectivity index (χ0v) is 13.4. The van der Waals surface area contributed by atoms with Crippen LogP contribution in [0.1, 0.15) is 31.6 Å². The maximum Gasteiger partial charge on any atom is 0.244 e. The lowest BCUT2D eigenvalue weighted by atomic mass is 9.97. The third-order valence-corrected chi connectivity index (χ3v) is 6.80.